The first-order valence-electron chi connectivity index (χ1n) is 9.15. The van der Waals surface area contributed by atoms with Gasteiger partial charge in [0.15, 0.2) is 0 Å². The van der Waals surface area contributed by atoms with Gasteiger partial charge in [-0.2, -0.15) is 0 Å². The highest BCUT2D eigenvalue weighted by Gasteiger charge is 2.16. The molecule has 3 aromatic carbocycles. The van der Waals surface area contributed by atoms with Gasteiger partial charge in [0.2, 0.25) is 5.91 Å². The largest absolute Gasteiger partial charge is 0.325 e. The Bertz CT molecular complexity index is 1130. The third-order valence-corrected chi connectivity index (χ3v) is 6.96. The van der Waals surface area contributed by atoms with Gasteiger partial charge in [-0.1, -0.05) is 35.4 Å². The lowest BCUT2D eigenvalue weighted by atomic mass is 10.2. The summed E-state index contributed by atoms with van der Waals surface area (Å²) in [6.07, 6.45) is 0. The molecule has 0 aliphatic carbocycles. The second-order valence-electron chi connectivity index (χ2n) is 6.70. The van der Waals surface area contributed by atoms with Crippen LogP contribution in [0.4, 0.5) is 11.4 Å². The van der Waals surface area contributed by atoms with E-state index in [1.54, 1.807) is 79.7 Å². The molecule has 0 bridgehead atoms. The van der Waals surface area contributed by atoms with E-state index in [4.69, 9.17) is 11.6 Å². The number of thioether (sulfide) groups is 1. The molecule has 1 unspecified atom stereocenters. The first kappa shape index (κ1) is 22.2. The molecule has 5 nitrogen and oxygen atoms in total. The number of halogens is 1. The molecule has 8 heteroatoms. The van der Waals surface area contributed by atoms with Crippen molar-refractivity contribution in [3.8, 4) is 0 Å². The zero-order valence-corrected chi connectivity index (χ0v) is 18.8. The van der Waals surface area contributed by atoms with E-state index >= 15 is 0 Å². The highest BCUT2D eigenvalue weighted by atomic mass is 35.5. The van der Waals surface area contributed by atoms with Crippen molar-refractivity contribution in [2.24, 2.45) is 0 Å². The normalized spacial score (nSPS) is 12.2. The molecule has 3 rings (SSSR count). The summed E-state index contributed by atoms with van der Waals surface area (Å²) in [6, 6.07) is 20.5. The lowest BCUT2D eigenvalue weighted by Crippen LogP contribution is -2.22. The van der Waals surface area contributed by atoms with Crippen LogP contribution in [0.15, 0.2) is 82.6 Å². The van der Waals surface area contributed by atoms with Gasteiger partial charge in [0.25, 0.3) is 10.0 Å². The van der Waals surface area contributed by atoms with Gasteiger partial charge in [-0.3, -0.25) is 9.52 Å². The molecule has 1 atom stereocenters. The van der Waals surface area contributed by atoms with E-state index in [1.807, 2.05) is 6.92 Å². The van der Waals surface area contributed by atoms with Gasteiger partial charge < -0.3 is 5.32 Å². The molecular formula is C22H21ClN2O3S2. The number of nitrogens with one attached hydrogen (secondary N) is 2. The summed E-state index contributed by atoms with van der Waals surface area (Å²) in [4.78, 5) is 13.5. The molecule has 0 radical (unpaired) electrons. The summed E-state index contributed by atoms with van der Waals surface area (Å²) in [5.41, 5.74) is 2.08. The molecule has 0 aliphatic rings. The smallest absolute Gasteiger partial charge is 0.261 e. The van der Waals surface area contributed by atoms with Crippen LogP contribution in [-0.2, 0) is 14.8 Å². The number of hydrogen-bond acceptors (Lipinski definition) is 4. The van der Waals surface area contributed by atoms with Gasteiger partial charge >= 0.3 is 0 Å². The van der Waals surface area contributed by atoms with E-state index in [-0.39, 0.29) is 16.1 Å². The molecule has 0 saturated heterocycles. The zero-order chi connectivity index (χ0) is 21.7. The topological polar surface area (TPSA) is 75.3 Å². The SMILES string of the molecule is Cc1ccc(S(=O)(=O)Nc2ccc(SC(C)C(=O)Nc3cccc(Cl)c3)cc2)cc1. The highest BCUT2D eigenvalue weighted by Crippen LogP contribution is 2.27. The van der Waals surface area contributed by atoms with Crippen LogP contribution in [0.5, 0.6) is 0 Å². The minimum atomic E-state index is -3.65. The van der Waals surface area contributed by atoms with E-state index in [1.165, 1.54) is 11.8 Å². The van der Waals surface area contributed by atoms with Crippen LogP contribution in [0.2, 0.25) is 5.02 Å². The van der Waals surface area contributed by atoms with Crippen molar-refractivity contribution in [2.75, 3.05) is 10.0 Å². The maximum atomic E-state index is 12.5. The minimum absolute atomic E-state index is 0.147. The Morgan fingerprint density at radius 3 is 2.27 bits per heavy atom. The maximum absolute atomic E-state index is 12.5. The van der Waals surface area contributed by atoms with Gasteiger partial charge in [-0.15, -0.1) is 11.8 Å². The number of hydrogen-bond donors (Lipinski definition) is 2. The monoisotopic (exact) mass is 460 g/mol. The summed E-state index contributed by atoms with van der Waals surface area (Å²) in [7, 11) is -3.65. The second kappa shape index (κ2) is 9.55. The standard InChI is InChI=1S/C22H21ClN2O3S2/c1-15-6-12-21(13-7-15)30(27,28)25-18-8-10-20(11-9-18)29-16(2)22(26)24-19-5-3-4-17(23)14-19/h3-14,16,25H,1-2H3,(H,24,26). The van der Waals surface area contributed by atoms with Gasteiger partial charge in [0.1, 0.15) is 0 Å². The van der Waals surface area contributed by atoms with Gasteiger partial charge in [-0.05, 0) is 68.4 Å². The van der Waals surface area contributed by atoms with Crippen molar-refractivity contribution in [3.05, 3.63) is 83.4 Å². The fourth-order valence-electron chi connectivity index (χ4n) is 2.60. The lowest BCUT2D eigenvalue weighted by Gasteiger charge is -2.13. The zero-order valence-electron chi connectivity index (χ0n) is 16.4. The molecule has 0 fully saturated rings. The van der Waals surface area contributed by atoms with Crippen LogP contribution in [0.1, 0.15) is 12.5 Å². The third kappa shape index (κ3) is 6.01. The summed E-state index contributed by atoms with van der Waals surface area (Å²) in [5, 5.41) is 3.04. The van der Waals surface area contributed by atoms with Crippen LogP contribution in [0, 0.1) is 6.92 Å². The van der Waals surface area contributed by atoms with Crippen molar-refractivity contribution < 1.29 is 13.2 Å². The average molecular weight is 461 g/mol. The Morgan fingerprint density at radius 1 is 0.967 bits per heavy atom. The van der Waals surface area contributed by atoms with Crippen molar-refractivity contribution in [1.82, 2.24) is 0 Å². The number of amides is 1. The number of sulfonamides is 1. The molecule has 0 saturated carbocycles. The van der Waals surface area contributed by atoms with Crippen molar-refractivity contribution >= 4 is 50.7 Å². The minimum Gasteiger partial charge on any atom is -0.325 e. The van der Waals surface area contributed by atoms with Crippen LogP contribution in [-0.4, -0.2) is 19.6 Å². The summed E-state index contributed by atoms with van der Waals surface area (Å²) >= 11 is 7.32. The molecule has 0 spiro atoms. The Labute approximate surface area is 185 Å². The predicted molar refractivity (Wildman–Crippen MR) is 124 cm³/mol. The number of benzene rings is 3. The number of carbonyl (C=O) groups is 1. The fraction of sp³-hybridized carbons (Fsp3) is 0.136. The number of anilines is 2. The Morgan fingerprint density at radius 2 is 1.63 bits per heavy atom. The maximum Gasteiger partial charge on any atom is 0.261 e. The molecule has 1 amide bonds. The van der Waals surface area contributed by atoms with E-state index in [9.17, 15) is 13.2 Å². The van der Waals surface area contributed by atoms with Crippen molar-refractivity contribution in [3.63, 3.8) is 0 Å². The first-order chi connectivity index (χ1) is 14.2. The average Bonchev–Trinajstić information content (AvgIpc) is 2.69. The molecule has 0 heterocycles. The molecule has 0 aromatic heterocycles. The summed E-state index contributed by atoms with van der Waals surface area (Å²) < 4.78 is 27.5. The number of aryl methyl sites for hydroxylation is 1. The predicted octanol–water partition coefficient (Wildman–Crippen LogP) is 5.57. The van der Waals surface area contributed by atoms with Crippen molar-refractivity contribution in [2.45, 2.75) is 28.9 Å². The highest BCUT2D eigenvalue weighted by molar-refractivity contribution is 8.00. The molecular weight excluding hydrogens is 440 g/mol. The van der Waals surface area contributed by atoms with E-state index < -0.39 is 10.0 Å². The third-order valence-electron chi connectivity index (χ3n) is 4.21. The van der Waals surface area contributed by atoms with Crippen LogP contribution in [0.25, 0.3) is 0 Å². The lowest BCUT2D eigenvalue weighted by molar-refractivity contribution is -0.115. The van der Waals surface area contributed by atoms with Crippen LogP contribution < -0.4 is 10.0 Å². The van der Waals surface area contributed by atoms with Crippen LogP contribution >= 0.6 is 23.4 Å². The molecule has 0 aliphatic heterocycles. The number of rotatable bonds is 7. The van der Waals surface area contributed by atoms with Gasteiger partial charge in [0.05, 0.1) is 10.1 Å². The molecule has 2 N–H and O–H groups in total. The molecule has 30 heavy (non-hydrogen) atoms. The summed E-state index contributed by atoms with van der Waals surface area (Å²) in [6.45, 7) is 3.70. The quantitative estimate of drug-likeness (QED) is 0.452. The van der Waals surface area contributed by atoms with Crippen LogP contribution in [0.3, 0.4) is 0 Å². The fourth-order valence-corrected chi connectivity index (χ4v) is 4.72. The van der Waals surface area contributed by atoms with E-state index in [0.29, 0.717) is 16.4 Å². The Hall–Kier alpha value is -2.48. The van der Waals surface area contributed by atoms with E-state index in [0.717, 1.165) is 10.5 Å². The Kier molecular flexibility index (Phi) is 7.07. The molecule has 3 aromatic rings. The van der Waals surface area contributed by atoms with E-state index in [2.05, 4.69) is 10.0 Å². The van der Waals surface area contributed by atoms with Crippen molar-refractivity contribution in [1.29, 1.82) is 0 Å². The second-order valence-corrected chi connectivity index (χ2v) is 10.2. The summed E-state index contributed by atoms with van der Waals surface area (Å²) in [5.74, 6) is -0.147. The van der Waals surface area contributed by atoms with Gasteiger partial charge in [0, 0.05) is 21.3 Å². The first-order valence-corrected chi connectivity index (χ1v) is 11.9. The Balaban J connectivity index is 1.61. The number of carbonyl (C=O) groups excluding carboxylic acids is 1. The molecule has 156 valence electrons. The van der Waals surface area contributed by atoms with Gasteiger partial charge in [-0.25, -0.2) is 8.42 Å².